The van der Waals surface area contributed by atoms with E-state index in [2.05, 4.69) is 10.5 Å². The molecule has 0 aliphatic rings. The van der Waals surface area contributed by atoms with E-state index in [9.17, 15) is 25.1 Å². The van der Waals surface area contributed by atoms with Gasteiger partial charge in [0.25, 0.3) is 11.6 Å². The van der Waals surface area contributed by atoms with Crippen molar-refractivity contribution in [2.75, 3.05) is 0 Å². The molecule has 0 unspecified atom stereocenters. The average Bonchev–Trinajstić information content (AvgIpc) is 2.51. The van der Waals surface area contributed by atoms with Crippen LogP contribution >= 0.6 is 0 Å². The second kappa shape index (κ2) is 6.43. The minimum absolute atomic E-state index is 0.0423. The number of carbonyl (C=O) groups is 1. The van der Waals surface area contributed by atoms with E-state index in [0.717, 1.165) is 36.5 Å². The maximum Gasteiger partial charge on any atom is 0.271 e. The van der Waals surface area contributed by atoms with E-state index in [1.54, 1.807) is 0 Å². The summed E-state index contributed by atoms with van der Waals surface area (Å²) in [5, 5.41) is 42.3. The number of benzene rings is 2. The summed E-state index contributed by atoms with van der Waals surface area (Å²) in [5.41, 5.74) is 1.98. The number of hydrogen-bond donors (Lipinski definition) is 4. The van der Waals surface area contributed by atoms with Crippen LogP contribution in [0.2, 0.25) is 0 Å². The van der Waals surface area contributed by atoms with E-state index in [-0.39, 0.29) is 28.3 Å². The fourth-order valence-electron chi connectivity index (χ4n) is 1.65. The summed E-state index contributed by atoms with van der Waals surface area (Å²) in [7, 11) is 0. The molecule has 0 spiro atoms. The van der Waals surface area contributed by atoms with E-state index in [0.29, 0.717) is 0 Å². The molecular weight excluding hydrogens is 306 g/mol. The van der Waals surface area contributed by atoms with Crippen molar-refractivity contribution < 1.29 is 25.0 Å². The number of nitro groups is 1. The Morgan fingerprint density at radius 2 is 1.78 bits per heavy atom. The van der Waals surface area contributed by atoms with Crippen molar-refractivity contribution in [3.05, 3.63) is 57.6 Å². The molecule has 0 aliphatic heterocycles. The number of nitro benzene ring substituents is 1. The third-order valence-electron chi connectivity index (χ3n) is 2.83. The van der Waals surface area contributed by atoms with Gasteiger partial charge < -0.3 is 15.3 Å². The molecule has 0 saturated heterocycles. The largest absolute Gasteiger partial charge is 0.507 e. The molecule has 9 heteroatoms. The Labute approximate surface area is 129 Å². The number of amides is 1. The molecule has 0 aromatic heterocycles. The molecule has 0 heterocycles. The van der Waals surface area contributed by atoms with Crippen LogP contribution in [0, 0.1) is 10.1 Å². The lowest BCUT2D eigenvalue weighted by atomic mass is 10.2. The van der Waals surface area contributed by atoms with Crippen molar-refractivity contribution in [3.8, 4) is 17.2 Å². The number of nitrogens with one attached hydrogen (secondary N) is 1. The molecule has 1 amide bonds. The van der Waals surface area contributed by atoms with Crippen molar-refractivity contribution in [3.63, 3.8) is 0 Å². The highest BCUT2D eigenvalue weighted by Crippen LogP contribution is 2.24. The smallest absolute Gasteiger partial charge is 0.271 e. The molecular formula is C14H11N3O6. The zero-order valence-corrected chi connectivity index (χ0v) is 11.5. The standard InChI is InChI=1S/C14H11N3O6/c18-11-4-2-10(17(22)23)5-9(11)7-15-16-14(21)8-1-3-12(19)13(20)6-8/h1-7,18-20H,(H,16,21)/b15-7+. The Morgan fingerprint density at radius 3 is 2.43 bits per heavy atom. The van der Waals surface area contributed by atoms with Crippen molar-refractivity contribution in [1.82, 2.24) is 5.43 Å². The van der Waals surface area contributed by atoms with Gasteiger partial charge in [0.2, 0.25) is 0 Å². The third kappa shape index (κ3) is 3.73. The SMILES string of the molecule is O=C(N/N=C/c1cc([N+](=O)[O-])ccc1O)c1ccc(O)c(O)c1. The van der Waals surface area contributed by atoms with Crippen molar-refractivity contribution >= 4 is 17.8 Å². The quantitative estimate of drug-likeness (QED) is 0.291. The van der Waals surface area contributed by atoms with Gasteiger partial charge in [-0.2, -0.15) is 5.10 Å². The number of phenolic OH excluding ortho intramolecular Hbond substituents is 3. The monoisotopic (exact) mass is 317 g/mol. The number of rotatable bonds is 4. The predicted octanol–water partition coefficient (Wildman–Crippen LogP) is 1.48. The average molecular weight is 317 g/mol. The number of hydrazone groups is 1. The fourth-order valence-corrected chi connectivity index (χ4v) is 1.65. The van der Waals surface area contributed by atoms with Crippen LogP contribution in [0.25, 0.3) is 0 Å². The third-order valence-corrected chi connectivity index (χ3v) is 2.83. The zero-order chi connectivity index (χ0) is 17.0. The number of phenols is 3. The molecule has 0 aliphatic carbocycles. The van der Waals surface area contributed by atoms with Crippen LogP contribution in [0.4, 0.5) is 5.69 Å². The van der Waals surface area contributed by atoms with E-state index >= 15 is 0 Å². The van der Waals surface area contributed by atoms with Gasteiger partial charge in [0.1, 0.15) is 5.75 Å². The summed E-state index contributed by atoms with van der Waals surface area (Å²) in [6.45, 7) is 0. The lowest BCUT2D eigenvalue weighted by Crippen LogP contribution is -2.17. The number of carbonyl (C=O) groups excluding carboxylic acids is 1. The first-order valence-corrected chi connectivity index (χ1v) is 6.21. The molecule has 2 aromatic carbocycles. The number of aromatic hydroxyl groups is 3. The fraction of sp³-hybridized carbons (Fsp3) is 0. The molecule has 0 saturated carbocycles. The van der Waals surface area contributed by atoms with Gasteiger partial charge in [-0.25, -0.2) is 5.43 Å². The Kier molecular flexibility index (Phi) is 4.41. The maximum atomic E-state index is 11.8. The summed E-state index contributed by atoms with van der Waals surface area (Å²) < 4.78 is 0. The van der Waals surface area contributed by atoms with Gasteiger partial charge in [0, 0.05) is 23.3 Å². The topological polar surface area (TPSA) is 145 Å². The molecule has 23 heavy (non-hydrogen) atoms. The van der Waals surface area contributed by atoms with Gasteiger partial charge in [-0.1, -0.05) is 0 Å². The van der Waals surface area contributed by atoms with Crippen molar-refractivity contribution in [2.24, 2.45) is 5.10 Å². The van der Waals surface area contributed by atoms with Crippen LogP contribution in [0.3, 0.4) is 0 Å². The lowest BCUT2D eigenvalue weighted by Gasteiger charge is -2.02. The number of hydrogen-bond acceptors (Lipinski definition) is 7. The Balaban J connectivity index is 2.12. The first-order valence-electron chi connectivity index (χ1n) is 6.21. The molecule has 0 atom stereocenters. The normalized spacial score (nSPS) is 10.6. The molecule has 4 N–H and O–H groups in total. The highest BCUT2D eigenvalue weighted by molar-refractivity contribution is 5.95. The van der Waals surface area contributed by atoms with Gasteiger partial charge in [-0.3, -0.25) is 14.9 Å². The number of nitrogens with zero attached hydrogens (tertiary/aromatic N) is 2. The first-order chi connectivity index (χ1) is 10.9. The van der Waals surface area contributed by atoms with Gasteiger partial charge in [-0.15, -0.1) is 0 Å². The summed E-state index contributed by atoms with van der Waals surface area (Å²) in [6, 6.07) is 6.82. The summed E-state index contributed by atoms with van der Waals surface area (Å²) >= 11 is 0. The lowest BCUT2D eigenvalue weighted by molar-refractivity contribution is -0.384. The molecule has 0 fully saturated rings. The van der Waals surface area contributed by atoms with E-state index < -0.39 is 16.6 Å². The summed E-state index contributed by atoms with van der Waals surface area (Å²) in [4.78, 5) is 21.8. The Bertz CT molecular complexity index is 803. The van der Waals surface area contributed by atoms with Gasteiger partial charge in [0.05, 0.1) is 11.1 Å². The highest BCUT2D eigenvalue weighted by Gasteiger charge is 2.10. The van der Waals surface area contributed by atoms with Crippen molar-refractivity contribution in [2.45, 2.75) is 0 Å². The Morgan fingerprint density at radius 1 is 1.09 bits per heavy atom. The maximum absolute atomic E-state index is 11.8. The van der Waals surface area contributed by atoms with Crippen LogP contribution in [0.15, 0.2) is 41.5 Å². The molecule has 2 rings (SSSR count). The molecule has 118 valence electrons. The summed E-state index contributed by atoms with van der Waals surface area (Å²) in [5.74, 6) is -1.75. The highest BCUT2D eigenvalue weighted by atomic mass is 16.6. The van der Waals surface area contributed by atoms with Crippen LogP contribution in [0.5, 0.6) is 17.2 Å². The van der Waals surface area contributed by atoms with E-state index in [1.165, 1.54) is 6.07 Å². The first kappa shape index (κ1) is 15.8. The van der Waals surface area contributed by atoms with E-state index in [1.807, 2.05) is 0 Å². The van der Waals surface area contributed by atoms with Crippen molar-refractivity contribution in [1.29, 1.82) is 0 Å². The second-order valence-electron chi connectivity index (χ2n) is 4.40. The minimum Gasteiger partial charge on any atom is -0.507 e. The minimum atomic E-state index is -0.679. The second-order valence-corrected chi connectivity index (χ2v) is 4.40. The van der Waals surface area contributed by atoms with Crippen LogP contribution in [-0.2, 0) is 0 Å². The molecule has 9 nitrogen and oxygen atoms in total. The van der Waals surface area contributed by atoms with Crippen LogP contribution in [0.1, 0.15) is 15.9 Å². The zero-order valence-electron chi connectivity index (χ0n) is 11.5. The number of non-ortho nitro benzene ring substituents is 1. The van der Waals surface area contributed by atoms with Crippen LogP contribution in [-0.4, -0.2) is 32.4 Å². The molecule has 2 aromatic rings. The Hall–Kier alpha value is -3.62. The van der Waals surface area contributed by atoms with E-state index in [4.69, 9.17) is 5.11 Å². The van der Waals surface area contributed by atoms with Gasteiger partial charge in [0.15, 0.2) is 11.5 Å². The molecule has 0 bridgehead atoms. The van der Waals surface area contributed by atoms with Gasteiger partial charge >= 0.3 is 0 Å². The predicted molar refractivity (Wildman–Crippen MR) is 79.6 cm³/mol. The summed E-state index contributed by atoms with van der Waals surface area (Å²) in [6.07, 6.45) is 1.04. The van der Waals surface area contributed by atoms with Gasteiger partial charge in [-0.05, 0) is 24.3 Å². The van der Waals surface area contributed by atoms with Crippen LogP contribution < -0.4 is 5.43 Å². The molecule has 0 radical (unpaired) electrons.